The van der Waals surface area contributed by atoms with E-state index in [9.17, 15) is 19.7 Å². The summed E-state index contributed by atoms with van der Waals surface area (Å²) in [5.41, 5.74) is -0.176. The van der Waals surface area contributed by atoms with Crippen LogP contribution in [0.25, 0.3) is 0 Å². The van der Waals surface area contributed by atoms with Crippen molar-refractivity contribution in [1.29, 1.82) is 0 Å². The molecule has 0 saturated heterocycles. The van der Waals surface area contributed by atoms with Crippen LogP contribution in [0.15, 0.2) is 18.2 Å². The Balaban J connectivity index is 3.21. The molecule has 1 aromatic rings. The lowest BCUT2D eigenvalue weighted by atomic mass is 10.1. The molecule has 1 aromatic carbocycles. The molecule has 0 radical (unpaired) electrons. The third kappa shape index (κ3) is 4.16. The summed E-state index contributed by atoms with van der Waals surface area (Å²) in [5, 5.41) is 22.7. The lowest BCUT2D eigenvalue weighted by molar-refractivity contribution is -0.384. The number of aromatic carboxylic acids is 1. The van der Waals surface area contributed by atoms with Crippen molar-refractivity contribution in [2.45, 2.75) is 13.8 Å². The summed E-state index contributed by atoms with van der Waals surface area (Å²) in [5.74, 6) is -1.46. The highest BCUT2D eigenvalue weighted by Crippen LogP contribution is 2.29. The van der Waals surface area contributed by atoms with E-state index >= 15 is 0 Å². The number of rotatable bonds is 7. The van der Waals surface area contributed by atoms with E-state index in [0.717, 1.165) is 6.07 Å². The average molecular weight is 295 g/mol. The maximum atomic E-state index is 11.6. The lowest BCUT2D eigenvalue weighted by Crippen LogP contribution is -2.37. The fraction of sp³-hybridized carbons (Fsp3) is 0.385. The van der Waals surface area contributed by atoms with Gasteiger partial charge in [-0.3, -0.25) is 14.9 Å². The van der Waals surface area contributed by atoms with E-state index in [1.807, 2.05) is 0 Å². The number of carbonyl (C=O) groups is 2. The predicted molar refractivity (Wildman–Crippen MR) is 76.6 cm³/mol. The van der Waals surface area contributed by atoms with Crippen molar-refractivity contribution in [3.05, 3.63) is 33.9 Å². The number of nitro groups is 1. The molecule has 0 aliphatic rings. The van der Waals surface area contributed by atoms with Crippen LogP contribution in [0.4, 0.5) is 11.4 Å². The molecule has 8 nitrogen and oxygen atoms in total. The van der Waals surface area contributed by atoms with E-state index in [1.54, 1.807) is 13.8 Å². The summed E-state index contributed by atoms with van der Waals surface area (Å²) < 4.78 is 0. The van der Waals surface area contributed by atoms with Gasteiger partial charge >= 0.3 is 5.97 Å². The monoisotopic (exact) mass is 295 g/mol. The molecule has 8 heteroatoms. The normalized spacial score (nSPS) is 10.0. The summed E-state index contributed by atoms with van der Waals surface area (Å²) in [6.45, 7) is 4.21. The molecule has 1 rings (SSSR count). The van der Waals surface area contributed by atoms with Gasteiger partial charge in [0.2, 0.25) is 5.91 Å². The smallest absolute Gasteiger partial charge is 0.335 e. The van der Waals surface area contributed by atoms with Gasteiger partial charge in [0.1, 0.15) is 5.69 Å². The first-order valence-corrected chi connectivity index (χ1v) is 6.44. The SMILES string of the molecule is CCNC(=O)CN(CC)c1cc(C(=O)O)ccc1[N+](=O)[O-]. The van der Waals surface area contributed by atoms with Crippen molar-refractivity contribution in [1.82, 2.24) is 5.32 Å². The summed E-state index contributed by atoms with van der Waals surface area (Å²) in [6, 6.07) is 3.52. The predicted octanol–water partition coefficient (Wildman–Crippen LogP) is 1.26. The van der Waals surface area contributed by atoms with E-state index in [-0.39, 0.29) is 29.4 Å². The van der Waals surface area contributed by atoms with Crippen LogP contribution < -0.4 is 10.2 Å². The van der Waals surface area contributed by atoms with Crippen LogP contribution >= 0.6 is 0 Å². The Morgan fingerprint density at radius 1 is 1.38 bits per heavy atom. The number of benzene rings is 1. The number of nitro benzene ring substituents is 1. The van der Waals surface area contributed by atoms with Crippen molar-refractivity contribution in [2.24, 2.45) is 0 Å². The Morgan fingerprint density at radius 3 is 2.52 bits per heavy atom. The van der Waals surface area contributed by atoms with Crippen LogP contribution in [0, 0.1) is 10.1 Å². The molecule has 0 saturated carbocycles. The second kappa shape index (κ2) is 7.22. The van der Waals surface area contributed by atoms with Gasteiger partial charge in [-0.1, -0.05) is 0 Å². The highest BCUT2D eigenvalue weighted by Gasteiger charge is 2.22. The zero-order chi connectivity index (χ0) is 16.0. The van der Waals surface area contributed by atoms with Crippen LogP contribution in [0.3, 0.4) is 0 Å². The van der Waals surface area contributed by atoms with Crippen molar-refractivity contribution >= 4 is 23.3 Å². The van der Waals surface area contributed by atoms with Gasteiger partial charge in [0.15, 0.2) is 0 Å². The molecule has 0 bridgehead atoms. The molecule has 21 heavy (non-hydrogen) atoms. The van der Waals surface area contributed by atoms with E-state index in [1.165, 1.54) is 17.0 Å². The number of anilines is 1. The Bertz CT molecular complexity index is 559. The molecule has 2 N–H and O–H groups in total. The number of carboxylic acids is 1. The first-order chi connectivity index (χ1) is 9.90. The summed E-state index contributed by atoms with van der Waals surface area (Å²) >= 11 is 0. The van der Waals surface area contributed by atoms with Crippen LogP contribution in [-0.4, -0.2) is 41.5 Å². The van der Waals surface area contributed by atoms with Crippen LogP contribution in [0.2, 0.25) is 0 Å². The molecule has 0 aliphatic heterocycles. The lowest BCUT2D eigenvalue weighted by Gasteiger charge is -2.22. The Labute approximate surface area is 121 Å². The molecule has 0 fully saturated rings. The molecule has 0 aromatic heterocycles. The van der Waals surface area contributed by atoms with Crippen molar-refractivity contribution in [3.8, 4) is 0 Å². The number of nitrogens with one attached hydrogen (secondary N) is 1. The number of likely N-dealkylation sites (N-methyl/N-ethyl adjacent to an activating group) is 2. The minimum absolute atomic E-state index is 0.0649. The minimum Gasteiger partial charge on any atom is -0.478 e. The van der Waals surface area contributed by atoms with E-state index in [4.69, 9.17) is 5.11 Å². The minimum atomic E-state index is -1.18. The standard InChI is InChI=1S/C13H17N3O5/c1-3-14-12(17)8-15(4-2)11-7-9(13(18)19)5-6-10(11)16(20)21/h5-7H,3-4,8H2,1-2H3,(H,14,17)(H,18,19). The molecular weight excluding hydrogens is 278 g/mol. The number of hydrogen-bond donors (Lipinski definition) is 2. The van der Waals surface area contributed by atoms with Crippen LogP contribution in [0.1, 0.15) is 24.2 Å². The maximum Gasteiger partial charge on any atom is 0.335 e. The fourth-order valence-electron chi connectivity index (χ4n) is 1.86. The van der Waals surface area contributed by atoms with Gasteiger partial charge in [-0.15, -0.1) is 0 Å². The second-order valence-electron chi connectivity index (χ2n) is 4.23. The van der Waals surface area contributed by atoms with Crippen molar-refractivity contribution < 1.29 is 19.6 Å². The zero-order valence-corrected chi connectivity index (χ0v) is 11.8. The third-order valence-corrected chi connectivity index (χ3v) is 2.85. The summed E-state index contributed by atoms with van der Waals surface area (Å²) in [6.07, 6.45) is 0. The second-order valence-corrected chi connectivity index (χ2v) is 4.23. The van der Waals surface area contributed by atoms with Crippen molar-refractivity contribution in [3.63, 3.8) is 0 Å². The molecule has 0 heterocycles. The summed E-state index contributed by atoms with van der Waals surface area (Å²) in [4.78, 5) is 34.6. The maximum absolute atomic E-state index is 11.6. The first-order valence-electron chi connectivity index (χ1n) is 6.44. The fourth-order valence-corrected chi connectivity index (χ4v) is 1.86. The Morgan fingerprint density at radius 2 is 2.05 bits per heavy atom. The molecule has 0 unspecified atom stereocenters. The third-order valence-electron chi connectivity index (χ3n) is 2.85. The topological polar surface area (TPSA) is 113 Å². The zero-order valence-electron chi connectivity index (χ0n) is 11.8. The number of carboxylic acid groups (broad SMARTS) is 1. The average Bonchev–Trinajstić information content (AvgIpc) is 2.44. The molecule has 0 atom stereocenters. The first kappa shape index (κ1) is 16.4. The quantitative estimate of drug-likeness (QED) is 0.578. The van der Waals surface area contributed by atoms with Gasteiger partial charge in [0.25, 0.3) is 5.69 Å². The van der Waals surface area contributed by atoms with Crippen LogP contribution in [0.5, 0.6) is 0 Å². The Hall–Kier alpha value is -2.64. The van der Waals surface area contributed by atoms with E-state index in [2.05, 4.69) is 5.32 Å². The van der Waals surface area contributed by atoms with E-state index in [0.29, 0.717) is 13.1 Å². The van der Waals surface area contributed by atoms with Gasteiger partial charge in [0.05, 0.1) is 17.0 Å². The highest BCUT2D eigenvalue weighted by molar-refractivity contribution is 5.91. The Kier molecular flexibility index (Phi) is 5.65. The largest absolute Gasteiger partial charge is 0.478 e. The molecule has 114 valence electrons. The van der Waals surface area contributed by atoms with Gasteiger partial charge in [0, 0.05) is 19.2 Å². The number of nitrogens with zero attached hydrogens (tertiary/aromatic N) is 2. The molecule has 0 aliphatic carbocycles. The van der Waals surface area contributed by atoms with Crippen molar-refractivity contribution in [2.75, 3.05) is 24.5 Å². The van der Waals surface area contributed by atoms with Gasteiger partial charge < -0.3 is 15.3 Å². The van der Waals surface area contributed by atoms with Crippen LogP contribution in [-0.2, 0) is 4.79 Å². The number of carbonyl (C=O) groups excluding carboxylic acids is 1. The molecule has 1 amide bonds. The molecule has 0 spiro atoms. The molecular formula is C13H17N3O5. The number of hydrogen-bond acceptors (Lipinski definition) is 5. The van der Waals surface area contributed by atoms with E-state index < -0.39 is 10.9 Å². The van der Waals surface area contributed by atoms with Gasteiger partial charge in [-0.25, -0.2) is 4.79 Å². The van der Waals surface area contributed by atoms with Gasteiger partial charge in [-0.05, 0) is 26.0 Å². The van der Waals surface area contributed by atoms with Gasteiger partial charge in [-0.2, -0.15) is 0 Å². The highest BCUT2D eigenvalue weighted by atomic mass is 16.6. The number of amides is 1. The summed E-state index contributed by atoms with van der Waals surface area (Å²) in [7, 11) is 0.